The third-order valence-electron chi connectivity index (χ3n) is 5.09. The molecule has 0 saturated heterocycles. The van der Waals surface area contributed by atoms with E-state index in [1.165, 1.54) is 43.2 Å². The lowest BCUT2D eigenvalue weighted by Crippen LogP contribution is -2.38. The molecule has 5 nitrogen and oxygen atoms in total. The van der Waals surface area contributed by atoms with Crippen LogP contribution in [0.25, 0.3) is 0 Å². The Hall–Kier alpha value is -1.59. The molecular weight excluding hydrogens is 324 g/mol. The zero-order valence-electron chi connectivity index (χ0n) is 16.8. The highest BCUT2D eigenvalue weighted by Crippen LogP contribution is 2.23. The predicted molar refractivity (Wildman–Crippen MR) is 109 cm³/mol. The van der Waals surface area contributed by atoms with E-state index in [4.69, 9.17) is 9.73 Å². The first kappa shape index (κ1) is 20.7. The van der Waals surface area contributed by atoms with E-state index in [-0.39, 0.29) is 0 Å². The molecule has 0 heterocycles. The molecule has 0 spiro atoms. The van der Waals surface area contributed by atoms with Crippen molar-refractivity contribution in [3.63, 3.8) is 0 Å². The van der Waals surface area contributed by atoms with Crippen molar-refractivity contribution in [2.45, 2.75) is 58.2 Å². The normalized spacial score (nSPS) is 16.1. The molecule has 0 atom stereocenters. The van der Waals surface area contributed by atoms with E-state index >= 15 is 0 Å². The molecule has 1 fully saturated rings. The Kier molecular flexibility index (Phi) is 9.50. The van der Waals surface area contributed by atoms with Gasteiger partial charge in [0.25, 0.3) is 0 Å². The standard InChI is InChI=1S/C21H36N4O/c1-4-22-21(23-14-15-26-3)24-16-18-10-8-9-11-19(18)17-25(2)20-12-6-5-7-13-20/h8-11,20H,4-7,12-17H2,1-3H3,(H2,22,23,24). The van der Waals surface area contributed by atoms with Gasteiger partial charge >= 0.3 is 0 Å². The van der Waals surface area contributed by atoms with Gasteiger partial charge in [0.15, 0.2) is 5.96 Å². The fraction of sp³-hybridized carbons (Fsp3) is 0.667. The zero-order chi connectivity index (χ0) is 18.6. The van der Waals surface area contributed by atoms with Crippen LogP contribution in [0.4, 0.5) is 0 Å². The van der Waals surface area contributed by atoms with Crippen molar-refractivity contribution in [2.75, 3.05) is 33.9 Å². The van der Waals surface area contributed by atoms with Crippen LogP contribution in [0.15, 0.2) is 29.3 Å². The van der Waals surface area contributed by atoms with Gasteiger partial charge in [0.2, 0.25) is 0 Å². The first-order valence-corrected chi connectivity index (χ1v) is 10.0. The van der Waals surface area contributed by atoms with Gasteiger partial charge in [-0.1, -0.05) is 43.5 Å². The molecule has 0 aliphatic heterocycles. The Morgan fingerprint density at radius 3 is 2.58 bits per heavy atom. The summed E-state index contributed by atoms with van der Waals surface area (Å²) in [5.74, 6) is 0.847. The molecular formula is C21H36N4O. The highest BCUT2D eigenvalue weighted by Gasteiger charge is 2.18. The highest BCUT2D eigenvalue weighted by molar-refractivity contribution is 5.79. The van der Waals surface area contributed by atoms with E-state index in [1.54, 1.807) is 7.11 Å². The minimum Gasteiger partial charge on any atom is -0.383 e. The summed E-state index contributed by atoms with van der Waals surface area (Å²) >= 11 is 0. The van der Waals surface area contributed by atoms with Crippen LogP contribution in [0, 0.1) is 0 Å². The minimum atomic E-state index is 0.674. The lowest BCUT2D eigenvalue weighted by molar-refractivity contribution is 0.184. The molecule has 1 saturated carbocycles. The SMILES string of the molecule is CCNC(=NCc1ccccc1CN(C)C1CCCCC1)NCCOC. The average molecular weight is 361 g/mol. The number of rotatable bonds is 9. The second-order valence-corrected chi connectivity index (χ2v) is 7.09. The summed E-state index contributed by atoms with van der Waals surface area (Å²) in [4.78, 5) is 7.29. The third kappa shape index (κ3) is 6.96. The Morgan fingerprint density at radius 2 is 1.88 bits per heavy atom. The summed E-state index contributed by atoms with van der Waals surface area (Å²) in [7, 11) is 3.98. The van der Waals surface area contributed by atoms with Crippen LogP contribution in [0.5, 0.6) is 0 Å². The number of benzene rings is 1. The van der Waals surface area contributed by atoms with E-state index in [2.05, 4.69) is 53.8 Å². The van der Waals surface area contributed by atoms with Gasteiger partial charge in [-0.2, -0.15) is 0 Å². The molecule has 1 aliphatic rings. The maximum Gasteiger partial charge on any atom is 0.191 e. The highest BCUT2D eigenvalue weighted by atomic mass is 16.5. The van der Waals surface area contributed by atoms with Crippen LogP contribution in [0.2, 0.25) is 0 Å². The molecule has 0 radical (unpaired) electrons. The Balaban J connectivity index is 1.98. The molecule has 1 aromatic rings. The summed E-state index contributed by atoms with van der Waals surface area (Å²) in [6.45, 7) is 6.06. The van der Waals surface area contributed by atoms with Crippen molar-refractivity contribution in [3.8, 4) is 0 Å². The summed E-state index contributed by atoms with van der Waals surface area (Å²) in [6, 6.07) is 9.43. The number of methoxy groups -OCH3 is 1. The molecule has 2 rings (SSSR count). The van der Waals surface area contributed by atoms with Gasteiger partial charge in [0, 0.05) is 32.8 Å². The lowest BCUT2D eigenvalue weighted by Gasteiger charge is -2.31. The van der Waals surface area contributed by atoms with Crippen molar-refractivity contribution in [2.24, 2.45) is 4.99 Å². The summed E-state index contributed by atoms with van der Waals surface area (Å²) < 4.78 is 5.10. The van der Waals surface area contributed by atoms with Gasteiger partial charge in [-0.15, -0.1) is 0 Å². The molecule has 0 aromatic heterocycles. The summed E-state index contributed by atoms with van der Waals surface area (Å²) in [5, 5.41) is 6.60. The second kappa shape index (κ2) is 11.9. The topological polar surface area (TPSA) is 48.9 Å². The maximum atomic E-state index is 5.10. The molecule has 146 valence electrons. The van der Waals surface area contributed by atoms with Crippen molar-refractivity contribution < 1.29 is 4.74 Å². The fourth-order valence-electron chi connectivity index (χ4n) is 3.56. The monoisotopic (exact) mass is 360 g/mol. The number of nitrogens with one attached hydrogen (secondary N) is 2. The molecule has 5 heteroatoms. The summed E-state index contributed by atoms with van der Waals surface area (Å²) in [6.07, 6.45) is 6.83. The number of guanidine groups is 1. The zero-order valence-corrected chi connectivity index (χ0v) is 16.8. The van der Waals surface area contributed by atoms with Crippen molar-refractivity contribution in [1.82, 2.24) is 15.5 Å². The van der Waals surface area contributed by atoms with Gasteiger partial charge in [0.05, 0.1) is 13.2 Å². The lowest BCUT2D eigenvalue weighted by atomic mass is 9.94. The van der Waals surface area contributed by atoms with Crippen molar-refractivity contribution in [3.05, 3.63) is 35.4 Å². The molecule has 0 unspecified atom stereocenters. The van der Waals surface area contributed by atoms with Gasteiger partial charge in [-0.05, 0) is 37.9 Å². The van der Waals surface area contributed by atoms with Crippen molar-refractivity contribution >= 4 is 5.96 Å². The first-order valence-electron chi connectivity index (χ1n) is 10.0. The molecule has 0 amide bonds. The molecule has 1 aliphatic carbocycles. The number of hydrogen-bond donors (Lipinski definition) is 2. The van der Waals surface area contributed by atoms with Gasteiger partial charge in [-0.3, -0.25) is 4.90 Å². The van der Waals surface area contributed by atoms with Crippen LogP contribution in [-0.4, -0.2) is 50.8 Å². The molecule has 0 bridgehead atoms. The van der Waals surface area contributed by atoms with Crippen molar-refractivity contribution in [1.29, 1.82) is 0 Å². The van der Waals surface area contributed by atoms with Crippen LogP contribution < -0.4 is 10.6 Å². The number of nitrogens with zero attached hydrogens (tertiary/aromatic N) is 2. The Labute approximate surface area is 159 Å². The van der Waals surface area contributed by atoms with E-state index < -0.39 is 0 Å². The molecule has 26 heavy (non-hydrogen) atoms. The Bertz CT molecular complexity index is 541. The number of aliphatic imine (C=N–C) groups is 1. The van der Waals surface area contributed by atoms with E-state index in [9.17, 15) is 0 Å². The van der Waals surface area contributed by atoms with Crippen LogP contribution >= 0.6 is 0 Å². The largest absolute Gasteiger partial charge is 0.383 e. The average Bonchev–Trinajstić information content (AvgIpc) is 2.68. The smallest absolute Gasteiger partial charge is 0.191 e. The van der Waals surface area contributed by atoms with E-state index in [0.29, 0.717) is 13.2 Å². The van der Waals surface area contributed by atoms with Crippen LogP contribution in [-0.2, 0) is 17.8 Å². The second-order valence-electron chi connectivity index (χ2n) is 7.09. The van der Waals surface area contributed by atoms with E-state index in [1.807, 2.05) is 0 Å². The first-order chi connectivity index (χ1) is 12.7. The Morgan fingerprint density at radius 1 is 1.15 bits per heavy atom. The molecule has 2 N–H and O–H groups in total. The maximum absolute atomic E-state index is 5.10. The van der Waals surface area contributed by atoms with Crippen LogP contribution in [0.1, 0.15) is 50.2 Å². The minimum absolute atomic E-state index is 0.674. The third-order valence-corrected chi connectivity index (χ3v) is 5.09. The van der Waals surface area contributed by atoms with Crippen LogP contribution in [0.3, 0.4) is 0 Å². The quantitative estimate of drug-likeness (QED) is 0.403. The number of ether oxygens (including phenoxy) is 1. The van der Waals surface area contributed by atoms with Gasteiger partial charge < -0.3 is 15.4 Å². The molecule has 1 aromatic carbocycles. The van der Waals surface area contributed by atoms with Gasteiger partial charge in [-0.25, -0.2) is 4.99 Å². The summed E-state index contributed by atoms with van der Waals surface area (Å²) in [5.41, 5.74) is 2.69. The predicted octanol–water partition coefficient (Wildman–Crippen LogP) is 3.15. The van der Waals surface area contributed by atoms with Gasteiger partial charge in [0.1, 0.15) is 0 Å². The fourth-order valence-corrected chi connectivity index (χ4v) is 3.56. The van der Waals surface area contributed by atoms with E-state index in [0.717, 1.165) is 31.6 Å². The number of hydrogen-bond acceptors (Lipinski definition) is 3.